The van der Waals surface area contributed by atoms with E-state index in [4.69, 9.17) is 9.98 Å². The second-order valence-corrected chi connectivity index (χ2v) is 12.9. The Balaban J connectivity index is 0.000000883. The van der Waals surface area contributed by atoms with E-state index >= 15 is 0 Å². The van der Waals surface area contributed by atoms with Crippen LogP contribution < -0.4 is 10.2 Å². The van der Waals surface area contributed by atoms with Gasteiger partial charge in [-0.1, -0.05) is 159 Å². The predicted octanol–water partition coefficient (Wildman–Crippen LogP) is 12.9. The molecule has 274 valence electrons. The molecule has 0 saturated carbocycles. The number of allylic oxidation sites excluding steroid dienone is 2. The Labute approximate surface area is 314 Å². The van der Waals surface area contributed by atoms with Crippen molar-refractivity contribution in [1.29, 1.82) is 0 Å². The first-order chi connectivity index (χ1) is 24.0. The molecule has 0 spiro atoms. The van der Waals surface area contributed by atoms with Crippen LogP contribution in [0.4, 0.5) is 11.4 Å². The number of nitrogens with zero attached hydrogens (tertiary/aromatic N) is 2. The fraction of sp³-hybridized carbons (Fsp3) is 0.467. The number of rotatable bonds is 22. The van der Waals surface area contributed by atoms with Gasteiger partial charge in [-0.25, -0.2) is 0 Å². The largest absolute Gasteiger partial charge is 2.00 e. The molecule has 3 aromatic carbocycles. The maximum atomic E-state index is 10.8. The molecule has 0 fully saturated rings. The molecule has 0 N–H and O–H groups in total. The SMILES string of the molecule is CCCCCC=Cc1ccc(N=CC(CCCCCCCC)=Nc2ccc(C=CCCCCC)cc2)cc1.CCCc1ccc([O-])c([O-])c1.[Ni+2]. The molecule has 0 amide bonds. The first-order valence-corrected chi connectivity index (χ1v) is 19.1. The Morgan fingerprint density at radius 1 is 0.560 bits per heavy atom. The van der Waals surface area contributed by atoms with Crippen LogP contribution in [0.2, 0.25) is 0 Å². The molecular weight excluding hydrogens is 659 g/mol. The van der Waals surface area contributed by atoms with Crippen LogP contribution in [-0.4, -0.2) is 11.9 Å². The van der Waals surface area contributed by atoms with Crippen LogP contribution in [0.25, 0.3) is 12.2 Å². The smallest absolute Gasteiger partial charge is 0.873 e. The van der Waals surface area contributed by atoms with Crippen molar-refractivity contribution < 1.29 is 26.7 Å². The quantitative estimate of drug-likeness (QED) is 0.0589. The summed E-state index contributed by atoms with van der Waals surface area (Å²) in [5, 5.41) is 21.5. The molecule has 0 radical (unpaired) electrons. The minimum absolute atomic E-state index is 0. The van der Waals surface area contributed by atoms with Gasteiger partial charge in [0.25, 0.3) is 0 Å². The number of aliphatic imine (C=N–C) groups is 2. The van der Waals surface area contributed by atoms with Crippen molar-refractivity contribution in [3.05, 3.63) is 95.6 Å². The van der Waals surface area contributed by atoms with Crippen molar-refractivity contribution in [3.63, 3.8) is 0 Å². The zero-order valence-corrected chi connectivity index (χ0v) is 32.3. The fourth-order valence-electron chi connectivity index (χ4n) is 5.34. The van der Waals surface area contributed by atoms with Gasteiger partial charge in [0.2, 0.25) is 0 Å². The zero-order chi connectivity index (χ0) is 35.4. The van der Waals surface area contributed by atoms with E-state index in [0.29, 0.717) is 0 Å². The molecule has 3 aromatic rings. The van der Waals surface area contributed by atoms with Gasteiger partial charge in [-0.15, -0.1) is 11.5 Å². The monoisotopic (exact) mass is 720 g/mol. The molecular formula is C45H62N2NiO2. The average molecular weight is 722 g/mol. The van der Waals surface area contributed by atoms with E-state index < -0.39 is 11.5 Å². The summed E-state index contributed by atoms with van der Waals surface area (Å²) >= 11 is 0. The standard InChI is InChI=1S/C36H52N2.C9H12O2.Ni/c1-4-7-10-13-16-19-22-36(38-35-29-25-33(26-30-35)21-18-15-12-9-6-3)31-37-34-27-23-32(24-28-34)20-17-14-11-8-5-2;1-2-3-7-4-5-8(10)9(11)6-7;/h17-18,20-21,23-31H,4-16,19,22H2,1-3H3;4-6,10-11H,2-3H2,1H3;/q;;+2/p-2. The Bertz CT molecular complexity index is 1390. The van der Waals surface area contributed by atoms with Gasteiger partial charge in [0.15, 0.2) is 0 Å². The maximum Gasteiger partial charge on any atom is 2.00 e. The summed E-state index contributed by atoms with van der Waals surface area (Å²) in [7, 11) is 0. The third kappa shape index (κ3) is 20.9. The third-order valence-electron chi connectivity index (χ3n) is 8.32. The Morgan fingerprint density at radius 2 is 1.08 bits per heavy atom. The summed E-state index contributed by atoms with van der Waals surface area (Å²) in [5.74, 6) is -0.805. The summed E-state index contributed by atoms with van der Waals surface area (Å²) < 4.78 is 0. The first kappa shape index (κ1) is 44.6. The van der Waals surface area contributed by atoms with Gasteiger partial charge in [0.1, 0.15) is 0 Å². The van der Waals surface area contributed by atoms with Gasteiger partial charge in [-0.3, -0.25) is 9.98 Å². The fourth-order valence-corrected chi connectivity index (χ4v) is 5.34. The van der Waals surface area contributed by atoms with E-state index in [-0.39, 0.29) is 16.5 Å². The molecule has 50 heavy (non-hydrogen) atoms. The molecule has 0 bridgehead atoms. The number of hydrogen-bond acceptors (Lipinski definition) is 4. The molecule has 0 atom stereocenters. The molecule has 0 unspecified atom stereocenters. The van der Waals surface area contributed by atoms with Crippen LogP contribution in [0.5, 0.6) is 11.5 Å². The topological polar surface area (TPSA) is 70.8 Å². The molecule has 3 rings (SSSR count). The normalized spacial score (nSPS) is 11.6. The molecule has 0 aliphatic carbocycles. The van der Waals surface area contributed by atoms with Crippen LogP contribution in [0.3, 0.4) is 0 Å². The van der Waals surface area contributed by atoms with Crippen molar-refractivity contribution in [3.8, 4) is 11.5 Å². The van der Waals surface area contributed by atoms with E-state index in [1.54, 1.807) is 6.07 Å². The van der Waals surface area contributed by atoms with Gasteiger partial charge >= 0.3 is 16.5 Å². The van der Waals surface area contributed by atoms with E-state index in [9.17, 15) is 10.2 Å². The van der Waals surface area contributed by atoms with Crippen LogP contribution in [0.15, 0.2) is 88.9 Å². The molecule has 0 saturated heterocycles. The minimum Gasteiger partial charge on any atom is -0.873 e. The van der Waals surface area contributed by atoms with E-state index in [0.717, 1.165) is 61.2 Å². The first-order valence-electron chi connectivity index (χ1n) is 19.1. The minimum atomic E-state index is -0.412. The van der Waals surface area contributed by atoms with Gasteiger partial charge in [0.05, 0.1) is 17.1 Å². The molecule has 5 heteroatoms. The van der Waals surface area contributed by atoms with Gasteiger partial charge < -0.3 is 10.2 Å². The molecule has 0 aliphatic heterocycles. The molecule has 0 heterocycles. The number of benzene rings is 3. The molecule has 0 aromatic heterocycles. The van der Waals surface area contributed by atoms with Crippen molar-refractivity contribution in [2.75, 3.05) is 0 Å². The number of unbranched alkanes of at least 4 members (excludes halogenated alkanes) is 11. The summed E-state index contributed by atoms with van der Waals surface area (Å²) in [6, 6.07) is 21.6. The predicted molar refractivity (Wildman–Crippen MR) is 212 cm³/mol. The van der Waals surface area contributed by atoms with E-state index in [2.05, 4.69) is 93.6 Å². The van der Waals surface area contributed by atoms with Crippen molar-refractivity contribution in [1.82, 2.24) is 0 Å². The average Bonchev–Trinajstić information content (AvgIpc) is 3.11. The van der Waals surface area contributed by atoms with Crippen molar-refractivity contribution in [2.45, 2.75) is 137 Å². The zero-order valence-electron chi connectivity index (χ0n) is 31.3. The van der Waals surface area contributed by atoms with Crippen LogP contribution in [-0.2, 0) is 22.9 Å². The van der Waals surface area contributed by atoms with Crippen LogP contribution >= 0.6 is 0 Å². The Kier molecular flexibility index (Phi) is 26.1. The summed E-state index contributed by atoms with van der Waals surface area (Å²) in [6.45, 7) is 8.80. The van der Waals surface area contributed by atoms with E-state index in [1.807, 2.05) is 13.1 Å². The second kappa shape index (κ2) is 29.3. The van der Waals surface area contributed by atoms with Crippen molar-refractivity contribution in [2.24, 2.45) is 9.98 Å². The van der Waals surface area contributed by atoms with Crippen molar-refractivity contribution >= 4 is 35.5 Å². The number of hydrogen-bond donors (Lipinski definition) is 0. The summed E-state index contributed by atoms with van der Waals surface area (Å²) in [5.41, 5.74) is 6.48. The Hall–Kier alpha value is -3.43. The van der Waals surface area contributed by atoms with Crippen LogP contribution in [0, 0.1) is 0 Å². The Morgan fingerprint density at radius 3 is 1.62 bits per heavy atom. The molecule has 0 aliphatic rings. The van der Waals surface area contributed by atoms with Crippen LogP contribution in [0.1, 0.15) is 147 Å². The van der Waals surface area contributed by atoms with Gasteiger partial charge in [-0.2, -0.15) is 0 Å². The maximum absolute atomic E-state index is 10.8. The summed E-state index contributed by atoms with van der Waals surface area (Å²) in [6.07, 6.45) is 31.5. The molecule has 4 nitrogen and oxygen atoms in total. The second-order valence-electron chi connectivity index (χ2n) is 12.9. The number of aryl methyl sites for hydroxylation is 1. The van der Waals surface area contributed by atoms with Gasteiger partial charge in [-0.05, 0) is 85.9 Å². The summed E-state index contributed by atoms with van der Waals surface area (Å²) in [4.78, 5) is 9.77. The van der Waals surface area contributed by atoms with Gasteiger partial charge in [0, 0.05) is 6.21 Å². The van der Waals surface area contributed by atoms with E-state index in [1.165, 1.54) is 93.9 Å². The third-order valence-corrected chi connectivity index (χ3v) is 8.32.